The predicted octanol–water partition coefficient (Wildman–Crippen LogP) is 3.97. The number of carbonyl (C=O) groups excluding carboxylic acids is 1. The van der Waals surface area contributed by atoms with E-state index in [-0.39, 0.29) is 29.4 Å². The number of halogens is 2. The highest BCUT2D eigenvalue weighted by atomic mass is 32.2. The Balaban J connectivity index is 1.61. The topological polar surface area (TPSA) is 121 Å². The van der Waals surface area contributed by atoms with Crippen LogP contribution in [0.15, 0.2) is 41.3 Å². The molecule has 214 valence electrons. The van der Waals surface area contributed by atoms with Crippen molar-refractivity contribution in [3.05, 3.63) is 52.4 Å². The molecular weight excluding hydrogens is 546 g/mol. The summed E-state index contributed by atoms with van der Waals surface area (Å²) in [7, 11) is -5.11. The smallest absolute Gasteiger partial charge is 0.274 e. The average molecular weight is 583 g/mol. The highest BCUT2D eigenvalue weighted by Gasteiger charge is 2.33. The van der Waals surface area contributed by atoms with Crippen LogP contribution in [0, 0.1) is 5.92 Å². The molecule has 3 N–H and O–H groups in total. The van der Waals surface area contributed by atoms with Crippen molar-refractivity contribution in [1.29, 1.82) is 0 Å². The number of amides is 1. The van der Waals surface area contributed by atoms with Gasteiger partial charge in [-0.25, -0.2) is 17.2 Å². The molecule has 0 radical (unpaired) electrons. The maximum absolute atomic E-state index is 13.5. The SMILES string of the molecule is C[Si]1(C)CCN(c2cc(NS(=O)(=O)CCO)ccc2C(=O)Nc2cccn([C@@H]3CC[C@H](C(F)F)C3)c2=O)CC1. The second-order valence-corrected chi connectivity index (χ2v) is 18.3. The van der Waals surface area contributed by atoms with Gasteiger partial charge in [-0.2, -0.15) is 0 Å². The number of benzene rings is 1. The number of hydrogen-bond acceptors (Lipinski definition) is 6. The molecule has 1 aliphatic heterocycles. The molecule has 1 aromatic carbocycles. The van der Waals surface area contributed by atoms with Crippen molar-refractivity contribution in [3.63, 3.8) is 0 Å². The number of nitrogens with one attached hydrogen (secondary N) is 2. The lowest BCUT2D eigenvalue weighted by atomic mass is 10.1. The van der Waals surface area contributed by atoms with E-state index in [9.17, 15) is 26.8 Å². The minimum absolute atomic E-state index is 0.0499. The van der Waals surface area contributed by atoms with E-state index in [4.69, 9.17) is 5.11 Å². The maximum atomic E-state index is 13.5. The Labute approximate surface area is 228 Å². The lowest BCUT2D eigenvalue weighted by Crippen LogP contribution is -2.43. The van der Waals surface area contributed by atoms with Gasteiger partial charge in [0.15, 0.2) is 0 Å². The third-order valence-corrected chi connectivity index (χ3v) is 12.2. The Hall–Kier alpha value is -2.77. The molecule has 2 aromatic rings. The molecule has 9 nitrogen and oxygen atoms in total. The van der Waals surface area contributed by atoms with Crippen LogP contribution in [-0.4, -0.2) is 63.9 Å². The summed E-state index contributed by atoms with van der Waals surface area (Å²) >= 11 is 0. The molecule has 0 spiro atoms. The van der Waals surface area contributed by atoms with E-state index in [1.165, 1.54) is 22.8 Å². The third kappa shape index (κ3) is 7.06. The van der Waals surface area contributed by atoms with Gasteiger partial charge in [0.1, 0.15) is 5.69 Å². The second kappa shape index (κ2) is 11.8. The highest BCUT2D eigenvalue weighted by Crippen LogP contribution is 2.37. The van der Waals surface area contributed by atoms with Crippen molar-refractivity contribution in [2.24, 2.45) is 5.92 Å². The van der Waals surface area contributed by atoms with Gasteiger partial charge in [-0.3, -0.25) is 14.3 Å². The van der Waals surface area contributed by atoms with Crippen LogP contribution in [0.4, 0.5) is 25.8 Å². The van der Waals surface area contributed by atoms with Gasteiger partial charge in [-0.1, -0.05) is 13.1 Å². The molecule has 1 saturated carbocycles. The minimum Gasteiger partial charge on any atom is -0.395 e. The molecule has 0 unspecified atom stereocenters. The highest BCUT2D eigenvalue weighted by molar-refractivity contribution is 7.92. The van der Waals surface area contributed by atoms with Crippen molar-refractivity contribution in [1.82, 2.24) is 4.57 Å². The van der Waals surface area contributed by atoms with Gasteiger partial charge in [-0.15, -0.1) is 0 Å². The summed E-state index contributed by atoms with van der Waals surface area (Å²) in [6, 6.07) is 9.38. The normalized spacial score (nSPS) is 21.2. The summed E-state index contributed by atoms with van der Waals surface area (Å²) in [4.78, 5) is 28.7. The fraction of sp³-hybridized carbons (Fsp3) is 0.538. The lowest BCUT2D eigenvalue weighted by Gasteiger charge is -2.38. The second-order valence-electron chi connectivity index (χ2n) is 11.2. The summed E-state index contributed by atoms with van der Waals surface area (Å²) in [5.41, 5.74) is 0.706. The van der Waals surface area contributed by atoms with Crippen LogP contribution in [0.5, 0.6) is 0 Å². The molecule has 2 heterocycles. The number of aliphatic hydroxyl groups excluding tert-OH is 1. The third-order valence-electron chi connectivity index (χ3n) is 7.75. The fourth-order valence-corrected chi connectivity index (χ4v) is 8.14. The van der Waals surface area contributed by atoms with E-state index >= 15 is 0 Å². The van der Waals surface area contributed by atoms with Gasteiger partial charge in [0.2, 0.25) is 16.4 Å². The first kappa shape index (κ1) is 29.2. The summed E-state index contributed by atoms with van der Waals surface area (Å²) < 4.78 is 54.7. The predicted molar refractivity (Wildman–Crippen MR) is 151 cm³/mol. The largest absolute Gasteiger partial charge is 0.395 e. The van der Waals surface area contributed by atoms with Gasteiger partial charge >= 0.3 is 0 Å². The van der Waals surface area contributed by atoms with Crippen molar-refractivity contribution in [3.8, 4) is 0 Å². The van der Waals surface area contributed by atoms with Crippen molar-refractivity contribution in [2.75, 3.05) is 40.4 Å². The number of sulfonamides is 1. The van der Waals surface area contributed by atoms with Crippen molar-refractivity contribution < 1.29 is 27.1 Å². The number of anilines is 3. The van der Waals surface area contributed by atoms with Gasteiger partial charge in [-0.05, 0) is 61.7 Å². The minimum atomic E-state index is -3.76. The molecule has 1 aliphatic carbocycles. The maximum Gasteiger partial charge on any atom is 0.274 e. The standard InChI is InChI=1S/C26H36F2N4O5SSi/c1-39(2)14-10-31(11-15-39)23-17-19(30-38(36,37)13-12-33)6-8-21(23)25(34)29-22-4-3-9-32(26(22)35)20-7-5-18(16-20)24(27)28/h3-4,6,8-9,17-18,20,24,30,33H,5,7,10-16H2,1-2H3,(H,29,34)/t18-,20+/m0/s1. The quantitative estimate of drug-likeness (QED) is 0.385. The Bertz CT molecular complexity index is 1360. The molecule has 2 atom stereocenters. The average Bonchev–Trinajstić information content (AvgIpc) is 3.35. The first-order valence-electron chi connectivity index (χ1n) is 13.2. The molecule has 0 bridgehead atoms. The van der Waals surface area contributed by atoms with Crippen LogP contribution >= 0.6 is 0 Å². The van der Waals surface area contributed by atoms with Crippen LogP contribution in [0.2, 0.25) is 25.2 Å². The molecule has 2 fully saturated rings. The summed E-state index contributed by atoms with van der Waals surface area (Å²) in [5.74, 6) is -1.72. The van der Waals surface area contributed by atoms with Crippen LogP contribution in [0.25, 0.3) is 0 Å². The molecular formula is C26H36F2N4O5SSi. The van der Waals surface area contributed by atoms with Gasteiger partial charge in [0.25, 0.3) is 11.5 Å². The zero-order chi connectivity index (χ0) is 28.4. The zero-order valence-electron chi connectivity index (χ0n) is 22.2. The fourth-order valence-electron chi connectivity index (χ4n) is 5.31. The lowest BCUT2D eigenvalue weighted by molar-refractivity contribution is 0.0786. The summed E-state index contributed by atoms with van der Waals surface area (Å²) in [6.45, 7) is 5.54. The van der Waals surface area contributed by atoms with Gasteiger partial charge in [0, 0.05) is 31.2 Å². The molecule has 2 aliphatic rings. The van der Waals surface area contributed by atoms with E-state index in [1.54, 1.807) is 18.3 Å². The Morgan fingerprint density at radius 2 is 1.90 bits per heavy atom. The molecule has 1 aromatic heterocycles. The van der Waals surface area contributed by atoms with E-state index < -0.39 is 54.3 Å². The summed E-state index contributed by atoms with van der Waals surface area (Å²) in [5, 5.41) is 11.8. The Kier molecular flexibility index (Phi) is 8.81. The first-order chi connectivity index (χ1) is 18.4. The molecule has 1 saturated heterocycles. The van der Waals surface area contributed by atoms with Crippen molar-refractivity contribution >= 4 is 41.1 Å². The van der Waals surface area contributed by atoms with Gasteiger partial charge in [0.05, 0.1) is 37.4 Å². The number of pyridine rings is 1. The number of carbonyl (C=O) groups is 1. The number of hydrogen-bond donors (Lipinski definition) is 3. The van der Waals surface area contributed by atoms with Crippen LogP contribution in [0.3, 0.4) is 0 Å². The number of aromatic nitrogens is 1. The Morgan fingerprint density at radius 3 is 2.54 bits per heavy atom. The first-order valence-corrected chi connectivity index (χ1v) is 18.3. The number of rotatable bonds is 9. The van der Waals surface area contributed by atoms with E-state index in [1.807, 2.05) is 0 Å². The number of alkyl halides is 2. The van der Waals surface area contributed by atoms with Crippen LogP contribution < -0.4 is 20.5 Å². The van der Waals surface area contributed by atoms with E-state index in [0.717, 1.165) is 25.2 Å². The van der Waals surface area contributed by atoms with Crippen molar-refractivity contribution in [2.45, 2.75) is 56.9 Å². The monoisotopic (exact) mass is 582 g/mol. The zero-order valence-corrected chi connectivity index (χ0v) is 24.0. The molecule has 39 heavy (non-hydrogen) atoms. The molecule has 13 heteroatoms. The van der Waals surface area contributed by atoms with Crippen LogP contribution in [-0.2, 0) is 10.0 Å². The van der Waals surface area contributed by atoms with Crippen LogP contribution in [0.1, 0.15) is 35.7 Å². The number of aliphatic hydroxyl groups is 1. The Morgan fingerprint density at radius 1 is 1.18 bits per heavy atom. The number of nitrogens with zero attached hydrogens (tertiary/aromatic N) is 2. The van der Waals surface area contributed by atoms with Gasteiger partial charge < -0.3 is 19.9 Å². The molecule has 4 rings (SSSR count). The van der Waals surface area contributed by atoms with E-state index in [2.05, 4.69) is 28.0 Å². The molecule has 1 amide bonds. The van der Waals surface area contributed by atoms with E-state index in [0.29, 0.717) is 18.5 Å². The summed E-state index contributed by atoms with van der Waals surface area (Å²) in [6.07, 6.45) is 0.166.